The minimum absolute atomic E-state index is 0. The van der Waals surface area contributed by atoms with E-state index in [2.05, 4.69) is 5.32 Å². The molecule has 5 heteroatoms. The number of ether oxygens (including phenoxy) is 1. The minimum atomic E-state index is -0.367. The Hall–Kier alpha value is -1.10. The van der Waals surface area contributed by atoms with Crippen LogP contribution in [0.1, 0.15) is 31.7 Å². The van der Waals surface area contributed by atoms with E-state index in [4.69, 9.17) is 4.74 Å². The van der Waals surface area contributed by atoms with Crippen LogP contribution in [0.25, 0.3) is 0 Å². The molecule has 2 rings (SSSR count). The van der Waals surface area contributed by atoms with Gasteiger partial charge in [-0.1, -0.05) is 30.3 Å². The van der Waals surface area contributed by atoms with Gasteiger partial charge in [0.05, 0.1) is 6.61 Å². The van der Waals surface area contributed by atoms with E-state index in [0.29, 0.717) is 6.61 Å². The maximum Gasteiger partial charge on any atom is 0.251 e. The first-order valence-corrected chi connectivity index (χ1v) is 8.29. The molecular formula is C18H29ClN2O2. The van der Waals surface area contributed by atoms with Gasteiger partial charge >= 0.3 is 0 Å². The third kappa shape index (κ3) is 6.50. The van der Waals surface area contributed by atoms with Gasteiger partial charge in [0.1, 0.15) is 6.10 Å². The van der Waals surface area contributed by atoms with Crippen LogP contribution >= 0.6 is 12.4 Å². The van der Waals surface area contributed by atoms with Gasteiger partial charge in [0.15, 0.2) is 0 Å². The zero-order valence-corrected chi connectivity index (χ0v) is 15.0. The molecule has 1 aromatic carbocycles. The number of carbonyl (C=O) groups is 1. The summed E-state index contributed by atoms with van der Waals surface area (Å²) in [5.74, 6) is 0.875. The summed E-state index contributed by atoms with van der Waals surface area (Å²) < 4.78 is 5.73. The van der Waals surface area contributed by atoms with Crippen LogP contribution in [0.5, 0.6) is 0 Å². The number of benzene rings is 1. The van der Waals surface area contributed by atoms with E-state index in [1.807, 2.05) is 49.2 Å². The van der Waals surface area contributed by atoms with Crippen molar-refractivity contribution in [3.8, 4) is 0 Å². The van der Waals surface area contributed by atoms with Gasteiger partial charge in [0.2, 0.25) is 0 Å². The highest BCUT2D eigenvalue weighted by molar-refractivity contribution is 5.85. The predicted molar refractivity (Wildman–Crippen MR) is 95.8 cm³/mol. The minimum Gasteiger partial charge on any atom is -0.364 e. The molecule has 1 N–H and O–H groups in total. The van der Waals surface area contributed by atoms with Gasteiger partial charge in [-0.25, -0.2) is 0 Å². The highest BCUT2D eigenvalue weighted by Gasteiger charge is 2.26. The third-order valence-corrected chi connectivity index (χ3v) is 4.42. The van der Waals surface area contributed by atoms with Crippen LogP contribution < -0.4 is 5.32 Å². The molecular weight excluding hydrogens is 312 g/mol. The first kappa shape index (κ1) is 19.9. The molecule has 0 radical (unpaired) electrons. The third-order valence-electron chi connectivity index (χ3n) is 4.42. The molecule has 1 aliphatic heterocycles. The summed E-state index contributed by atoms with van der Waals surface area (Å²) in [5.41, 5.74) is 1.10. The molecule has 0 saturated carbocycles. The smallest absolute Gasteiger partial charge is 0.251 e. The Morgan fingerprint density at radius 3 is 2.57 bits per heavy atom. The number of amides is 1. The number of rotatable bonds is 7. The van der Waals surface area contributed by atoms with Crippen LogP contribution in [0.15, 0.2) is 30.3 Å². The standard InChI is InChI=1S/C18H28N2O2.ClH/c1-15(22-14-17-6-4-3-5-7-17)18(21)20-12-9-16(10-13-20)8-11-19-2;/h3-7,15-16,19H,8-14H2,1-2H3;1H. The topological polar surface area (TPSA) is 41.6 Å². The molecule has 23 heavy (non-hydrogen) atoms. The van der Waals surface area contributed by atoms with Gasteiger partial charge < -0.3 is 15.0 Å². The molecule has 0 bridgehead atoms. The molecule has 0 aromatic heterocycles. The van der Waals surface area contributed by atoms with Crippen molar-refractivity contribution < 1.29 is 9.53 Å². The maximum absolute atomic E-state index is 12.4. The molecule has 0 spiro atoms. The first-order valence-electron chi connectivity index (χ1n) is 8.29. The molecule has 1 amide bonds. The highest BCUT2D eigenvalue weighted by atomic mass is 35.5. The summed E-state index contributed by atoms with van der Waals surface area (Å²) in [6.07, 6.45) is 3.06. The van der Waals surface area contributed by atoms with Gasteiger partial charge in [-0.15, -0.1) is 12.4 Å². The Bertz CT molecular complexity index is 448. The zero-order chi connectivity index (χ0) is 15.8. The van der Waals surface area contributed by atoms with E-state index in [9.17, 15) is 4.79 Å². The molecule has 4 nitrogen and oxygen atoms in total. The summed E-state index contributed by atoms with van der Waals surface area (Å²) in [6.45, 7) is 5.15. The number of nitrogens with one attached hydrogen (secondary N) is 1. The Morgan fingerprint density at radius 1 is 1.30 bits per heavy atom. The van der Waals surface area contributed by atoms with E-state index in [1.54, 1.807) is 0 Å². The lowest BCUT2D eigenvalue weighted by Gasteiger charge is -2.33. The van der Waals surface area contributed by atoms with E-state index in [0.717, 1.165) is 44.0 Å². The molecule has 130 valence electrons. The average Bonchev–Trinajstić information content (AvgIpc) is 2.58. The van der Waals surface area contributed by atoms with Crippen LogP contribution in [0.4, 0.5) is 0 Å². The lowest BCUT2D eigenvalue weighted by molar-refractivity contribution is -0.144. The summed E-state index contributed by atoms with van der Waals surface area (Å²) in [5, 5.41) is 3.20. The van der Waals surface area contributed by atoms with Crippen molar-refractivity contribution >= 4 is 18.3 Å². The highest BCUT2D eigenvalue weighted by Crippen LogP contribution is 2.21. The van der Waals surface area contributed by atoms with Crippen LogP contribution in [0.2, 0.25) is 0 Å². The number of halogens is 1. The van der Waals surface area contributed by atoms with E-state index < -0.39 is 0 Å². The number of hydrogen-bond donors (Lipinski definition) is 1. The van der Waals surface area contributed by atoms with Crippen LogP contribution in [0.3, 0.4) is 0 Å². The van der Waals surface area contributed by atoms with Crippen molar-refractivity contribution in [2.75, 3.05) is 26.7 Å². The van der Waals surface area contributed by atoms with E-state index in [1.165, 1.54) is 6.42 Å². The van der Waals surface area contributed by atoms with Crippen molar-refractivity contribution in [2.45, 2.75) is 38.9 Å². The van der Waals surface area contributed by atoms with Crippen LogP contribution in [0, 0.1) is 5.92 Å². The van der Waals surface area contributed by atoms with Crippen molar-refractivity contribution in [1.29, 1.82) is 0 Å². The number of likely N-dealkylation sites (tertiary alicyclic amines) is 1. The second-order valence-corrected chi connectivity index (χ2v) is 6.10. The zero-order valence-electron chi connectivity index (χ0n) is 14.2. The number of carbonyl (C=O) groups excluding carboxylic acids is 1. The Balaban J connectivity index is 0.00000264. The lowest BCUT2D eigenvalue weighted by Crippen LogP contribution is -2.44. The van der Waals surface area contributed by atoms with Crippen molar-refractivity contribution in [1.82, 2.24) is 10.2 Å². The number of piperidine rings is 1. The largest absolute Gasteiger partial charge is 0.364 e. The molecule has 1 aromatic rings. The molecule has 1 fully saturated rings. The van der Waals surface area contributed by atoms with E-state index >= 15 is 0 Å². The average molecular weight is 341 g/mol. The Labute approximate surface area is 146 Å². The fraction of sp³-hybridized carbons (Fsp3) is 0.611. The molecule has 1 aliphatic rings. The monoisotopic (exact) mass is 340 g/mol. The van der Waals surface area contributed by atoms with Crippen molar-refractivity contribution in [2.24, 2.45) is 5.92 Å². The fourth-order valence-corrected chi connectivity index (χ4v) is 2.91. The quantitative estimate of drug-likeness (QED) is 0.829. The van der Waals surface area contributed by atoms with Crippen molar-refractivity contribution in [3.63, 3.8) is 0 Å². The van der Waals surface area contributed by atoms with Gasteiger partial charge in [-0.05, 0) is 51.3 Å². The Kier molecular flexibility index (Phi) is 9.22. The lowest BCUT2D eigenvalue weighted by atomic mass is 9.93. The van der Waals surface area contributed by atoms with E-state index in [-0.39, 0.29) is 24.4 Å². The number of hydrogen-bond acceptors (Lipinski definition) is 3. The summed E-state index contributed by atoms with van der Waals surface area (Å²) >= 11 is 0. The van der Waals surface area contributed by atoms with Crippen LogP contribution in [-0.2, 0) is 16.1 Å². The number of nitrogens with zero attached hydrogens (tertiary/aromatic N) is 1. The fourth-order valence-electron chi connectivity index (χ4n) is 2.91. The summed E-state index contributed by atoms with van der Waals surface area (Å²) in [4.78, 5) is 14.4. The SMILES string of the molecule is CNCCC1CCN(C(=O)C(C)OCc2ccccc2)CC1.Cl. The summed E-state index contributed by atoms with van der Waals surface area (Å²) in [6, 6.07) is 9.99. The first-order chi connectivity index (χ1) is 10.7. The normalized spacial score (nSPS) is 16.7. The Morgan fingerprint density at radius 2 is 1.96 bits per heavy atom. The second-order valence-electron chi connectivity index (χ2n) is 6.10. The predicted octanol–water partition coefficient (Wildman–Crippen LogP) is 2.86. The molecule has 1 saturated heterocycles. The van der Waals surface area contributed by atoms with Crippen molar-refractivity contribution in [3.05, 3.63) is 35.9 Å². The molecule has 1 heterocycles. The van der Waals surface area contributed by atoms with Gasteiger partial charge in [0.25, 0.3) is 5.91 Å². The van der Waals surface area contributed by atoms with Gasteiger partial charge in [0, 0.05) is 13.1 Å². The van der Waals surface area contributed by atoms with Crippen LogP contribution in [-0.4, -0.2) is 43.6 Å². The molecule has 1 atom stereocenters. The molecule has 0 aliphatic carbocycles. The van der Waals surface area contributed by atoms with Gasteiger partial charge in [-0.2, -0.15) is 0 Å². The maximum atomic E-state index is 12.4. The van der Waals surface area contributed by atoms with Gasteiger partial charge in [-0.3, -0.25) is 4.79 Å². The summed E-state index contributed by atoms with van der Waals surface area (Å²) in [7, 11) is 1.99. The molecule has 1 unspecified atom stereocenters. The second kappa shape index (κ2) is 10.6.